The van der Waals surface area contributed by atoms with Gasteiger partial charge in [0.2, 0.25) is 0 Å². The molecule has 0 atom stereocenters. The molecule has 1 aromatic heterocycles. The van der Waals surface area contributed by atoms with Gasteiger partial charge in [-0.2, -0.15) is 0 Å². The number of aromatic nitrogens is 1. The number of hydrogen-bond donors (Lipinski definition) is 2. The van der Waals surface area contributed by atoms with E-state index in [0.29, 0.717) is 22.2 Å². The van der Waals surface area contributed by atoms with Crippen molar-refractivity contribution in [2.24, 2.45) is 5.84 Å². The minimum Gasteiger partial charge on any atom is -0.482 e. The lowest BCUT2D eigenvalue weighted by molar-refractivity contribution is 0.0842. The molecule has 1 amide bonds. The van der Waals surface area contributed by atoms with Gasteiger partial charge in [0.05, 0.1) is 15.6 Å². The molecule has 0 aliphatic carbocycles. The second-order valence-electron chi connectivity index (χ2n) is 5.62. The molecule has 3 aromatic rings. The number of halogens is 2. The van der Waals surface area contributed by atoms with Gasteiger partial charge in [0.25, 0.3) is 11.8 Å². The molecule has 3 N–H and O–H groups in total. The van der Waals surface area contributed by atoms with Crippen LogP contribution in [0.1, 0.15) is 20.7 Å². The summed E-state index contributed by atoms with van der Waals surface area (Å²) in [6.07, 6.45) is 1.47. The van der Waals surface area contributed by atoms with Crippen LogP contribution >= 0.6 is 31.9 Å². The zero-order chi connectivity index (χ0) is 18.8. The number of amides is 1. The molecule has 6 nitrogen and oxygen atoms in total. The number of nitrogens with zero attached hydrogens (tertiary/aromatic N) is 1. The van der Waals surface area contributed by atoms with Crippen molar-refractivity contribution in [1.29, 1.82) is 0 Å². The number of nitrogens with one attached hydrogen (secondary N) is 1. The van der Waals surface area contributed by atoms with Crippen molar-refractivity contribution in [2.75, 3.05) is 6.61 Å². The van der Waals surface area contributed by atoms with Crippen LogP contribution in [0.3, 0.4) is 0 Å². The molecule has 0 saturated carbocycles. The van der Waals surface area contributed by atoms with Crippen molar-refractivity contribution in [3.05, 3.63) is 62.7 Å². The highest BCUT2D eigenvalue weighted by molar-refractivity contribution is 9.11. The van der Waals surface area contributed by atoms with Crippen LogP contribution in [0.5, 0.6) is 5.75 Å². The number of ether oxygens (including phenoxy) is 1. The zero-order valence-electron chi connectivity index (χ0n) is 13.8. The smallest absolute Gasteiger partial charge is 0.269 e. The van der Waals surface area contributed by atoms with E-state index in [2.05, 4.69) is 37.3 Å². The maximum absolute atomic E-state index is 12.7. The maximum atomic E-state index is 12.7. The van der Waals surface area contributed by atoms with Crippen LogP contribution in [0.25, 0.3) is 10.9 Å². The Morgan fingerprint density at radius 1 is 1.23 bits per heavy atom. The van der Waals surface area contributed by atoms with Crippen molar-refractivity contribution in [3.63, 3.8) is 0 Å². The van der Waals surface area contributed by atoms with E-state index in [9.17, 15) is 9.59 Å². The lowest BCUT2D eigenvalue weighted by atomic mass is 10.2. The molecule has 0 unspecified atom stereocenters. The molecule has 0 aliphatic heterocycles. The van der Waals surface area contributed by atoms with Gasteiger partial charge < -0.3 is 4.74 Å². The fourth-order valence-corrected chi connectivity index (χ4v) is 4.27. The third kappa shape index (κ3) is 3.53. The predicted molar refractivity (Wildman–Crippen MR) is 106 cm³/mol. The molecule has 0 aliphatic rings. The van der Waals surface area contributed by atoms with Crippen LogP contribution < -0.4 is 16.0 Å². The number of benzene rings is 2. The molecule has 0 fully saturated rings. The van der Waals surface area contributed by atoms with Crippen molar-refractivity contribution >= 4 is 54.6 Å². The summed E-state index contributed by atoms with van der Waals surface area (Å²) in [4.78, 5) is 24.7. The highest BCUT2D eigenvalue weighted by Crippen LogP contribution is 2.32. The first kappa shape index (κ1) is 18.6. The van der Waals surface area contributed by atoms with E-state index in [1.54, 1.807) is 24.3 Å². The number of hydrogen-bond acceptors (Lipinski definition) is 4. The largest absolute Gasteiger partial charge is 0.482 e. The van der Waals surface area contributed by atoms with Crippen LogP contribution in [0.4, 0.5) is 0 Å². The summed E-state index contributed by atoms with van der Waals surface area (Å²) >= 11 is 6.85. The summed E-state index contributed by atoms with van der Waals surface area (Å²) < 4.78 is 8.78. The average Bonchev–Trinajstić information content (AvgIpc) is 2.99. The molecule has 134 valence electrons. The number of carbonyl (C=O) groups is 2. The summed E-state index contributed by atoms with van der Waals surface area (Å²) in [7, 11) is 0. The SMILES string of the molecule is Cc1cc(Br)cc(Br)c1OCC(=O)n1cc(C(=O)NN)c2ccccc21. The second kappa shape index (κ2) is 7.61. The number of carbonyl (C=O) groups excluding carboxylic acids is 2. The predicted octanol–water partition coefficient (Wildman–Crippen LogP) is 3.80. The Morgan fingerprint density at radius 2 is 1.96 bits per heavy atom. The first-order valence-corrected chi connectivity index (χ1v) is 9.23. The van der Waals surface area contributed by atoms with Gasteiger partial charge in [-0.25, -0.2) is 5.84 Å². The van der Waals surface area contributed by atoms with Gasteiger partial charge in [0.1, 0.15) is 5.75 Å². The molecule has 8 heteroatoms. The molecule has 0 bridgehead atoms. The van der Waals surface area contributed by atoms with Crippen LogP contribution in [-0.2, 0) is 0 Å². The molecular formula is C18H15Br2N3O3. The first-order valence-electron chi connectivity index (χ1n) is 7.65. The van der Waals surface area contributed by atoms with Gasteiger partial charge >= 0.3 is 0 Å². The Hall–Kier alpha value is -2.16. The Balaban J connectivity index is 1.91. The topological polar surface area (TPSA) is 86.3 Å². The molecule has 0 radical (unpaired) electrons. The highest BCUT2D eigenvalue weighted by Gasteiger charge is 2.18. The zero-order valence-corrected chi connectivity index (χ0v) is 16.9. The Labute approximate surface area is 166 Å². The van der Waals surface area contributed by atoms with E-state index in [4.69, 9.17) is 10.6 Å². The van der Waals surface area contributed by atoms with Gasteiger partial charge in [-0.15, -0.1) is 0 Å². The summed E-state index contributed by atoms with van der Waals surface area (Å²) in [6.45, 7) is 1.72. The van der Waals surface area contributed by atoms with Crippen LogP contribution in [-0.4, -0.2) is 23.0 Å². The third-order valence-electron chi connectivity index (χ3n) is 3.89. The van der Waals surface area contributed by atoms with E-state index in [-0.39, 0.29) is 12.5 Å². The summed E-state index contributed by atoms with van der Waals surface area (Å²) in [5.74, 6) is 5.07. The van der Waals surface area contributed by atoms with E-state index in [1.807, 2.05) is 19.1 Å². The lowest BCUT2D eigenvalue weighted by Gasteiger charge is -2.12. The monoisotopic (exact) mass is 479 g/mol. The minimum absolute atomic E-state index is 0.177. The van der Waals surface area contributed by atoms with Gasteiger partial charge in [-0.3, -0.25) is 19.6 Å². The van der Waals surface area contributed by atoms with Crippen molar-refractivity contribution in [3.8, 4) is 5.75 Å². The highest BCUT2D eigenvalue weighted by atomic mass is 79.9. The normalized spacial score (nSPS) is 10.8. The molecule has 26 heavy (non-hydrogen) atoms. The van der Waals surface area contributed by atoms with E-state index >= 15 is 0 Å². The van der Waals surface area contributed by atoms with Gasteiger partial charge in [0.15, 0.2) is 6.61 Å². The third-order valence-corrected chi connectivity index (χ3v) is 4.94. The van der Waals surface area contributed by atoms with E-state index < -0.39 is 5.91 Å². The molecular weight excluding hydrogens is 466 g/mol. The van der Waals surface area contributed by atoms with Crippen molar-refractivity contribution in [1.82, 2.24) is 9.99 Å². The minimum atomic E-state index is -0.458. The number of rotatable bonds is 4. The summed E-state index contributed by atoms with van der Waals surface area (Å²) in [6, 6.07) is 10.9. The fourth-order valence-electron chi connectivity index (χ4n) is 2.72. The van der Waals surface area contributed by atoms with Crippen LogP contribution in [0.15, 0.2) is 51.5 Å². The number of nitrogens with two attached hydrogens (primary N) is 1. The summed E-state index contributed by atoms with van der Waals surface area (Å²) in [5.41, 5.74) is 3.93. The van der Waals surface area contributed by atoms with E-state index in [1.165, 1.54) is 10.8 Å². The number of hydrazine groups is 1. The number of fused-ring (bicyclic) bond motifs is 1. The average molecular weight is 481 g/mol. The summed E-state index contributed by atoms with van der Waals surface area (Å²) in [5, 5.41) is 0.643. The number of nitrogen functional groups attached to an aromatic ring is 1. The standard InChI is InChI=1S/C18H15Br2N3O3/c1-10-6-11(19)7-14(20)17(10)26-9-16(24)23-8-13(18(25)22-21)12-4-2-3-5-15(12)23/h2-8H,9,21H2,1H3,(H,22,25). The van der Waals surface area contributed by atoms with E-state index in [0.717, 1.165) is 14.5 Å². The van der Waals surface area contributed by atoms with Gasteiger partial charge in [0, 0.05) is 16.1 Å². The first-order chi connectivity index (χ1) is 12.4. The fraction of sp³-hybridized carbons (Fsp3) is 0.111. The number of para-hydroxylation sites is 1. The maximum Gasteiger partial charge on any atom is 0.269 e. The number of aryl methyl sites for hydroxylation is 1. The Bertz CT molecular complexity index is 991. The lowest BCUT2D eigenvalue weighted by Crippen LogP contribution is -2.29. The molecule has 0 spiro atoms. The van der Waals surface area contributed by atoms with Gasteiger partial charge in [-0.1, -0.05) is 34.1 Å². The Kier molecular flexibility index (Phi) is 5.45. The Morgan fingerprint density at radius 3 is 2.65 bits per heavy atom. The second-order valence-corrected chi connectivity index (χ2v) is 7.39. The van der Waals surface area contributed by atoms with Crippen LogP contribution in [0.2, 0.25) is 0 Å². The quantitative estimate of drug-likeness (QED) is 0.338. The molecule has 1 heterocycles. The van der Waals surface area contributed by atoms with Crippen molar-refractivity contribution < 1.29 is 14.3 Å². The van der Waals surface area contributed by atoms with Crippen LogP contribution in [0, 0.1) is 6.92 Å². The molecule has 0 saturated heterocycles. The van der Waals surface area contributed by atoms with Crippen molar-refractivity contribution in [2.45, 2.75) is 6.92 Å². The van der Waals surface area contributed by atoms with Gasteiger partial charge in [-0.05, 0) is 46.6 Å². The molecule has 3 rings (SSSR count). The molecule has 2 aromatic carbocycles.